The second-order valence-electron chi connectivity index (χ2n) is 9.55. The van der Waals surface area contributed by atoms with E-state index in [-0.39, 0.29) is 0 Å². The Morgan fingerprint density at radius 2 is 1.26 bits per heavy atom. The molecule has 1 aliphatic carbocycles. The Hall–Kier alpha value is -1.41. The lowest BCUT2D eigenvalue weighted by molar-refractivity contribution is 0.301. The normalized spacial score (nSPS) is 18.9. The summed E-state index contributed by atoms with van der Waals surface area (Å²) >= 11 is 5.79. The zero-order chi connectivity index (χ0) is 21.7. The van der Waals surface area contributed by atoms with E-state index in [4.69, 9.17) is 11.6 Å². The summed E-state index contributed by atoms with van der Waals surface area (Å²) in [6.45, 7) is 2.29. The third-order valence-electron chi connectivity index (χ3n) is 7.15. The van der Waals surface area contributed by atoms with E-state index in [2.05, 4.69) is 41.2 Å². The molecule has 3 rings (SSSR count). The Balaban J connectivity index is 1.28. The summed E-state index contributed by atoms with van der Waals surface area (Å²) in [6.07, 6.45) is 25.0. The van der Waals surface area contributed by atoms with Gasteiger partial charge < -0.3 is 0 Å². The molecule has 1 fully saturated rings. The Bertz CT molecular complexity index is 718. The third kappa shape index (κ3) is 8.56. The average Bonchev–Trinajstić information content (AvgIpc) is 2.81. The molecule has 170 valence electrons. The van der Waals surface area contributed by atoms with Gasteiger partial charge in [-0.25, -0.2) is 9.97 Å². The summed E-state index contributed by atoms with van der Waals surface area (Å²) in [6, 6.07) is 9.02. The Labute approximate surface area is 195 Å². The third-order valence-corrected chi connectivity index (χ3v) is 7.34. The predicted octanol–water partition coefficient (Wildman–Crippen LogP) is 9.38. The first-order valence-corrected chi connectivity index (χ1v) is 13.2. The van der Waals surface area contributed by atoms with Gasteiger partial charge in [-0.2, -0.15) is 0 Å². The highest BCUT2D eigenvalue weighted by atomic mass is 35.5. The van der Waals surface area contributed by atoms with Crippen molar-refractivity contribution < 1.29 is 0 Å². The molecule has 0 bridgehead atoms. The predicted molar refractivity (Wildman–Crippen MR) is 134 cm³/mol. The maximum Gasteiger partial charge on any atom is 0.222 e. The molecule has 3 heteroatoms. The van der Waals surface area contributed by atoms with Gasteiger partial charge in [0.05, 0.1) is 0 Å². The molecule has 1 saturated carbocycles. The first kappa shape index (κ1) is 24.2. The highest BCUT2D eigenvalue weighted by Gasteiger charge is 2.22. The van der Waals surface area contributed by atoms with Crippen LogP contribution in [-0.2, 0) is 0 Å². The molecule has 1 aromatic carbocycles. The fourth-order valence-corrected chi connectivity index (χ4v) is 5.21. The van der Waals surface area contributed by atoms with Gasteiger partial charge in [0.1, 0.15) is 0 Å². The first-order valence-electron chi connectivity index (χ1n) is 12.8. The Morgan fingerprint density at radius 1 is 0.710 bits per heavy atom. The Morgan fingerprint density at radius 3 is 1.84 bits per heavy atom. The molecule has 0 atom stereocenters. The van der Waals surface area contributed by atoms with Crippen LogP contribution in [0, 0.1) is 5.92 Å². The molecule has 0 radical (unpaired) electrons. The molecular weight excluding hydrogens is 400 g/mol. The van der Waals surface area contributed by atoms with E-state index in [1.54, 1.807) is 12.4 Å². The minimum absolute atomic E-state index is 0.301. The molecule has 0 unspecified atom stereocenters. The first-order chi connectivity index (χ1) is 15.3. The fraction of sp³-hybridized carbons (Fsp3) is 0.643. The summed E-state index contributed by atoms with van der Waals surface area (Å²) in [5, 5.41) is 0.301. The van der Waals surface area contributed by atoms with Gasteiger partial charge in [-0.05, 0) is 60.2 Å². The van der Waals surface area contributed by atoms with Gasteiger partial charge in [-0.3, -0.25) is 0 Å². The molecule has 1 heterocycles. The van der Waals surface area contributed by atoms with E-state index in [1.165, 1.54) is 102 Å². The molecular formula is C28H41ClN2. The number of unbranched alkanes of at least 4 members (excludes halogenated alkanes) is 9. The minimum atomic E-state index is 0.301. The minimum Gasteiger partial charge on any atom is -0.226 e. The van der Waals surface area contributed by atoms with Crippen molar-refractivity contribution in [1.29, 1.82) is 0 Å². The van der Waals surface area contributed by atoms with Crippen LogP contribution in [0.4, 0.5) is 0 Å². The Kier molecular flexibility index (Phi) is 10.9. The standard InChI is InChI=1S/C28H41ClN2/c1-2-3-4-5-6-7-8-9-10-11-12-23-13-15-24(16-14-23)25-17-19-26(20-18-25)27-21-30-28(29)31-22-27/h17-24H,2-16H2,1H3/t23-,24-. The number of hydrogen-bond donors (Lipinski definition) is 0. The molecule has 1 aromatic heterocycles. The maximum atomic E-state index is 5.79. The highest BCUT2D eigenvalue weighted by molar-refractivity contribution is 6.28. The van der Waals surface area contributed by atoms with Crippen LogP contribution in [0.15, 0.2) is 36.7 Å². The summed E-state index contributed by atoms with van der Waals surface area (Å²) < 4.78 is 0. The fourth-order valence-electron chi connectivity index (χ4n) is 5.11. The summed E-state index contributed by atoms with van der Waals surface area (Å²) in [7, 11) is 0. The maximum absolute atomic E-state index is 5.79. The van der Waals surface area contributed by atoms with Crippen molar-refractivity contribution in [2.45, 2.75) is 109 Å². The van der Waals surface area contributed by atoms with Crippen molar-refractivity contribution in [2.75, 3.05) is 0 Å². The van der Waals surface area contributed by atoms with E-state index in [0.29, 0.717) is 5.28 Å². The largest absolute Gasteiger partial charge is 0.226 e. The van der Waals surface area contributed by atoms with Crippen LogP contribution >= 0.6 is 11.6 Å². The van der Waals surface area contributed by atoms with Gasteiger partial charge in [0.15, 0.2) is 0 Å². The van der Waals surface area contributed by atoms with E-state index in [9.17, 15) is 0 Å². The monoisotopic (exact) mass is 440 g/mol. The van der Waals surface area contributed by atoms with Crippen LogP contribution in [0.2, 0.25) is 5.28 Å². The average molecular weight is 441 g/mol. The van der Waals surface area contributed by atoms with E-state index in [0.717, 1.165) is 23.0 Å². The van der Waals surface area contributed by atoms with Crippen LogP contribution in [0.1, 0.15) is 115 Å². The van der Waals surface area contributed by atoms with Crippen LogP contribution in [0.25, 0.3) is 11.1 Å². The number of rotatable bonds is 13. The van der Waals surface area contributed by atoms with Crippen LogP contribution < -0.4 is 0 Å². The molecule has 2 aromatic rings. The summed E-state index contributed by atoms with van der Waals surface area (Å²) in [5.41, 5.74) is 3.68. The van der Waals surface area contributed by atoms with Crippen molar-refractivity contribution in [3.05, 3.63) is 47.5 Å². The van der Waals surface area contributed by atoms with Gasteiger partial charge in [0.25, 0.3) is 0 Å². The summed E-state index contributed by atoms with van der Waals surface area (Å²) in [5.74, 6) is 1.70. The lowest BCUT2D eigenvalue weighted by Crippen LogP contribution is -2.13. The topological polar surface area (TPSA) is 25.8 Å². The molecule has 0 aliphatic heterocycles. The van der Waals surface area contributed by atoms with Gasteiger partial charge in [-0.15, -0.1) is 0 Å². The zero-order valence-corrected chi connectivity index (χ0v) is 20.3. The van der Waals surface area contributed by atoms with Gasteiger partial charge in [0.2, 0.25) is 5.28 Å². The van der Waals surface area contributed by atoms with Crippen molar-refractivity contribution in [3.8, 4) is 11.1 Å². The van der Waals surface area contributed by atoms with Crippen LogP contribution in [0.5, 0.6) is 0 Å². The molecule has 31 heavy (non-hydrogen) atoms. The molecule has 0 N–H and O–H groups in total. The van der Waals surface area contributed by atoms with E-state index >= 15 is 0 Å². The number of benzene rings is 1. The molecule has 2 nitrogen and oxygen atoms in total. The molecule has 0 saturated heterocycles. The second-order valence-corrected chi connectivity index (χ2v) is 9.89. The molecule has 0 spiro atoms. The molecule has 1 aliphatic rings. The van der Waals surface area contributed by atoms with Gasteiger partial charge >= 0.3 is 0 Å². The van der Waals surface area contributed by atoms with Crippen molar-refractivity contribution in [2.24, 2.45) is 5.92 Å². The van der Waals surface area contributed by atoms with Gasteiger partial charge in [-0.1, -0.05) is 102 Å². The van der Waals surface area contributed by atoms with E-state index < -0.39 is 0 Å². The van der Waals surface area contributed by atoms with Crippen molar-refractivity contribution in [3.63, 3.8) is 0 Å². The summed E-state index contributed by atoms with van der Waals surface area (Å²) in [4.78, 5) is 8.18. The zero-order valence-electron chi connectivity index (χ0n) is 19.5. The SMILES string of the molecule is CCCCCCCCCCCC[C@H]1CC[C@H](c2ccc(-c3cnc(Cl)nc3)cc2)CC1. The number of halogens is 1. The van der Waals surface area contributed by atoms with Crippen LogP contribution in [-0.4, -0.2) is 9.97 Å². The number of nitrogens with zero attached hydrogens (tertiary/aromatic N) is 2. The second kappa shape index (κ2) is 13.9. The quantitative estimate of drug-likeness (QED) is 0.229. The highest BCUT2D eigenvalue weighted by Crippen LogP contribution is 2.38. The number of aromatic nitrogens is 2. The lowest BCUT2D eigenvalue weighted by atomic mass is 9.77. The van der Waals surface area contributed by atoms with Crippen molar-refractivity contribution >= 4 is 11.6 Å². The van der Waals surface area contributed by atoms with Crippen LogP contribution in [0.3, 0.4) is 0 Å². The number of hydrogen-bond acceptors (Lipinski definition) is 2. The van der Waals surface area contributed by atoms with E-state index in [1.807, 2.05) is 0 Å². The molecule has 0 amide bonds. The smallest absolute Gasteiger partial charge is 0.222 e. The lowest BCUT2D eigenvalue weighted by Gasteiger charge is -2.29. The van der Waals surface area contributed by atoms with Crippen molar-refractivity contribution in [1.82, 2.24) is 9.97 Å². The van der Waals surface area contributed by atoms with Gasteiger partial charge in [0, 0.05) is 18.0 Å².